The minimum Gasteiger partial charge on any atom is -0.398 e. The Bertz CT molecular complexity index is 597. The normalized spacial score (nSPS) is 15.2. The van der Waals surface area contributed by atoms with Crippen LogP contribution in [0, 0.1) is 0 Å². The van der Waals surface area contributed by atoms with Gasteiger partial charge in [0, 0.05) is 17.5 Å². The van der Waals surface area contributed by atoms with Crippen LogP contribution in [0.1, 0.15) is 19.3 Å². The topological polar surface area (TPSA) is 89.3 Å². The lowest BCUT2D eigenvalue weighted by Crippen LogP contribution is -2.27. The number of carbonyl (C=O) groups excluding carboxylic acids is 1. The summed E-state index contributed by atoms with van der Waals surface area (Å²) in [4.78, 5) is 11.5. The lowest BCUT2D eigenvalue weighted by Gasteiger charge is -2.08. The fourth-order valence-corrected chi connectivity index (χ4v) is 3.22. The van der Waals surface area contributed by atoms with Crippen molar-refractivity contribution in [3.63, 3.8) is 0 Å². The molecule has 0 bridgehead atoms. The summed E-state index contributed by atoms with van der Waals surface area (Å²) in [5.74, 6) is -0.490. The van der Waals surface area contributed by atoms with Gasteiger partial charge in [0.25, 0.3) is 0 Å². The SMILES string of the molecule is Nc1cc(Cl)ccc1S(=O)(=O)CCC(=O)NC1CC1. The molecule has 1 saturated carbocycles. The highest BCUT2D eigenvalue weighted by Crippen LogP contribution is 2.24. The van der Waals surface area contributed by atoms with Crippen LogP contribution >= 0.6 is 11.6 Å². The van der Waals surface area contributed by atoms with Crippen molar-refractivity contribution < 1.29 is 13.2 Å². The summed E-state index contributed by atoms with van der Waals surface area (Å²) < 4.78 is 24.1. The molecule has 1 amide bonds. The van der Waals surface area contributed by atoms with Crippen molar-refractivity contribution in [1.29, 1.82) is 0 Å². The minimum atomic E-state index is -3.56. The summed E-state index contributed by atoms with van der Waals surface area (Å²) in [5.41, 5.74) is 5.75. The van der Waals surface area contributed by atoms with Crippen LogP contribution in [0.15, 0.2) is 23.1 Å². The fourth-order valence-electron chi connectivity index (χ4n) is 1.67. The molecule has 1 aromatic carbocycles. The average Bonchev–Trinajstić information content (AvgIpc) is 3.10. The van der Waals surface area contributed by atoms with E-state index in [0.29, 0.717) is 5.02 Å². The Morgan fingerprint density at radius 1 is 1.42 bits per heavy atom. The van der Waals surface area contributed by atoms with Gasteiger partial charge >= 0.3 is 0 Å². The summed E-state index contributed by atoms with van der Waals surface area (Å²) in [5, 5.41) is 3.12. The van der Waals surface area contributed by atoms with E-state index in [1.807, 2.05) is 0 Å². The largest absolute Gasteiger partial charge is 0.398 e. The van der Waals surface area contributed by atoms with Crippen LogP contribution in [0.4, 0.5) is 5.69 Å². The molecular formula is C12H15ClN2O3S. The minimum absolute atomic E-state index is 0.0242. The van der Waals surface area contributed by atoms with Crippen molar-refractivity contribution in [2.24, 2.45) is 0 Å². The Labute approximate surface area is 117 Å². The van der Waals surface area contributed by atoms with Gasteiger partial charge in [0.05, 0.1) is 16.3 Å². The van der Waals surface area contributed by atoms with Crippen molar-refractivity contribution in [3.8, 4) is 0 Å². The fraction of sp³-hybridized carbons (Fsp3) is 0.417. The van der Waals surface area contributed by atoms with Crippen molar-refractivity contribution in [1.82, 2.24) is 5.32 Å². The van der Waals surface area contributed by atoms with Gasteiger partial charge in [0.1, 0.15) is 0 Å². The van der Waals surface area contributed by atoms with E-state index in [9.17, 15) is 13.2 Å². The predicted octanol–water partition coefficient (Wildman–Crippen LogP) is 1.36. The second kappa shape index (κ2) is 5.38. The maximum Gasteiger partial charge on any atom is 0.221 e. The molecule has 3 N–H and O–H groups in total. The van der Waals surface area contributed by atoms with Gasteiger partial charge in [-0.15, -0.1) is 0 Å². The number of carbonyl (C=O) groups is 1. The zero-order chi connectivity index (χ0) is 14.0. The second-order valence-electron chi connectivity index (χ2n) is 4.59. The maximum atomic E-state index is 12.1. The molecular weight excluding hydrogens is 288 g/mol. The van der Waals surface area contributed by atoms with E-state index in [-0.39, 0.29) is 34.7 Å². The number of nitrogens with one attached hydrogen (secondary N) is 1. The average molecular weight is 303 g/mol. The monoisotopic (exact) mass is 302 g/mol. The highest BCUT2D eigenvalue weighted by atomic mass is 35.5. The van der Waals surface area contributed by atoms with Gasteiger partial charge in [0.2, 0.25) is 5.91 Å². The van der Waals surface area contributed by atoms with Crippen LogP contribution in [0.2, 0.25) is 5.02 Å². The highest BCUT2D eigenvalue weighted by Gasteiger charge is 2.25. The van der Waals surface area contributed by atoms with Gasteiger partial charge in [-0.1, -0.05) is 11.6 Å². The van der Waals surface area contributed by atoms with Gasteiger partial charge < -0.3 is 11.1 Å². The summed E-state index contributed by atoms with van der Waals surface area (Å²) in [6.07, 6.45) is 1.89. The van der Waals surface area contributed by atoms with Crippen molar-refractivity contribution >= 4 is 33.0 Å². The Morgan fingerprint density at radius 2 is 2.11 bits per heavy atom. The third kappa shape index (κ3) is 3.84. The van der Waals surface area contributed by atoms with Crippen LogP contribution in [-0.4, -0.2) is 26.1 Å². The van der Waals surface area contributed by atoms with E-state index in [4.69, 9.17) is 17.3 Å². The number of nitrogen functional groups attached to an aromatic ring is 1. The van der Waals surface area contributed by atoms with Crippen LogP contribution in [0.25, 0.3) is 0 Å². The molecule has 0 saturated heterocycles. The lowest BCUT2D eigenvalue weighted by atomic mass is 10.3. The molecule has 1 aromatic rings. The number of amides is 1. The molecule has 1 aliphatic rings. The lowest BCUT2D eigenvalue weighted by molar-refractivity contribution is -0.120. The van der Waals surface area contributed by atoms with E-state index < -0.39 is 9.84 Å². The van der Waals surface area contributed by atoms with Gasteiger partial charge in [-0.05, 0) is 31.0 Å². The number of anilines is 1. The first kappa shape index (κ1) is 14.1. The number of sulfone groups is 1. The molecule has 19 heavy (non-hydrogen) atoms. The van der Waals surface area contributed by atoms with Crippen LogP contribution in [0.3, 0.4) is 0 Å². The summed E-state index contributed by atoms with van der Waals surface area (Å²) in [6.45, 7) is 0. The zero-order valence-corrected chi connectivity index (χ0v) is 11.8. The van der Waals surface area contributed by atoms with Gasteiger partial charge in [-0.2, -0.15) is 0 Å². The van der Waals surface area contributed by atoms with E-state index in [2.05, 4.69) is 5.32 Å². The van der Waals surface area contributed by atoms with Crippen LogP contribution in [0.5, 0.6) is 0 Å². The first-order valence-corrected chi connectivity index (χ1v) is 7.98. The number of rotatable bonds is 5. The summed E-state index contributed by atoms with van der Waals surface area (Å²) >= 11 is 5.72. The first-order chi connectivity index (χ1) is 8.88. The molecule has 2 rings (SSSR count). The molecule has 1 aliphatic carbocycles. The molecule has 0 spiro atoms. The molecule has 0 atom stereocenters. The Balaban J connectivity index is 2.02. The molecule has 7 heteroatoms. The van der Waals surface area contributed by atoms with Gasteiger partial charge in [0.15, 0.2) is 9.84 Å². The van der Waals surface area contributed by atoms with Crippen LogP contribution < -0.4 is 11.1 Å². The molecule has 1 fully saturated rings. The first-order valence-electron chi connectivity index (χ1n) is 5.95. The predicted molar refractivity (Wildman–Crippen MR) is 73.7 cm³/mol. The standard InChI is InChI=1S/C12H15ClN2O3S/c13-8-1-4-11(10(14)7-8)19(17,18)6-5-12(16)15-9-2-3-9/h1,4,7,9H,2-3,5-6,14H2,(H,15,16). The molecule has 5 nitrogen and oxygen atoms in total. The third-order valence-corrected chi connectivity index (χ3v) is 4.87. The molecule has 0 radical (unpaired) electrons. The zero-order valence-electron chi connectivity index (χ0n) is 10.2. The highest BCUT2D eigenvalue weighted by molar-refractivity contribution is 7.91. The quantitative estimate of drug-likeness (QED) is 0.804. The number of halogens is 1. The maximum absolute atomic E-state index is 12.1. The number of hydrogen-bond acceptors (Lipinski definition) is 4. The molecule has 104 valence electrons. The van der Waals surface area contributed by atoms with Crippen LogP contribution in [-0.2, 0) is 14.6 Å². The van der Waals surface area contributed by atoms with E-state index in [0.717, 1.165) is 12.8 Å². The molecule has 0 heterocycles. The van der Waals surface area contributed by atoms with Crippen molar-refractivity contribution in [3.05, 3.63) is 23.2 Å². The summed E-state index contributed by atoms with van der Waals surface area (Å²) in [6, 6.07) is 4.45. The third-order valence-electron chi connectivity index (χ3n) is 2.85. The second-order valence-corrected chi connectivity index (χ2v) is 7.11. The summed E-state index contributed by atoms with van der Waals surface area (Å²) in [7, 11) is -3.56. The Kier molecular flexibility index (Phi) is 4.01. The van der Waals surface area contributed by atoms with Crippen molar-refractivity contribution in [2.75, 3.05) is 11.5 Å². The van der Waals surface area contributed by atoms with Gasteiger partial charge in [-0.25, -0.2) is 8.42 Å². The van der Waals surface area contributed by atoms with E-state index >= 15 is 0 Å². The number of nitrogens with two attached hydrogens (primary N) is 1. The number of hydrogen-bond donors (Lipinski definition) is 2. The van der Waals surface area contributed by atoms with E-state index in [1.54, 1.807) is 0 Å². The number of benzene rings is 1. The van der Waals surface area contributed by atoms with E-state index in [1.165, 1.54) is 18.2 Å². The molecule has 0 aromatic heterocycles. The molecule has 0 unspecified atom stereocenters. The smallest absolute Gasteiger partial charge is 0.221 e. The molecule has 0 aliphatic heterocycles. The van der Waals surface area contributed by atoms with Gasteiger partial charge in [-0.3, -0.25) is 4.79 Å². The Hall–Kier alpha value is -1.27. The Morgan fingerprint density at radius 3 is 2.68 bits per heavy atom. The van der Waals surface area contributed by atoms with Crippen molar-refractivity contribution in [2.45, 2.75) is 30.2 Å².